The molecule has 2 fully saturated rings. The van der Waals surface area contributed by atoms with Crippen LogP contribution in [0, 0.1) is 26.7 Å². The lowest BCUT2D eigenvalue weighted by molar-refractivity contribution is 0.0336. The molecular formula is C34H45N5O3. The number of amides is 1. The van der Waals surface area contributed by atoms with E-state index in [-0.39, 0.29) is 18.0 Å². The molecule has 3 heterocycles. The van der Waals surface area contributed by atoms with Crippen LogP contribution in [0.1, 0.15) is 71.0 Å². The van der Waals surface area contributed by atoms with Crippen molar-refractivity contribution in [1.82, 2.24) is 20.2 Å². The van der Waals surface area contributed by atoms with Crippen molar-refractivity contribution in [3.8, 4) is 11.1 Å². The number of anilines is 1. The molecule has 1 saturated carbocycles. The first-order valence-electron chi connectivity index (χ1n) is 15.3. The van der Waals surface area contributed by atoms with E-state index >= 15 is 0 Å². The maximum absolute atomic E-state index is 13.7. The van der Waals surface area contributed by atoms with Gasteiger partial charge in [-0.05, 0) is 93.3 Å². The van der Waals surface area contributed by atoms with E-state index in [1.807, 2.05) is 39.1 Å². The van der Waals surface area contributed by atoms with Crippen molar-refractivity contribution in [3.63, 3.8) is 0 Å². The molecule has 42 heavy (non-hydrogen) atoms. The number of rotatable bonds is 8. The number of nitrogens with zero attached hydrogens (tertiary/aromatic N) is 3. The summed E-state index contributed by atoms with van der Waals surface area (Å²) in [6, 6.07) is 10.7. The fraction of sp³-hybridized carbons (Fsp3) is 0.500. The minimum atomic E-state index is -0.183. The SMILES string of the molecule is Cc1cc(C)c(CNC(=O)c2cc(-c3ccc(CN4CCOCC4)nc3)cc(N(C)C3CCC(C)CC3)c2C)c(=O)[nH]1. The maximum atomic E-state index is 13.7. The largest absolute Gasteiger partial charge is 0.379 e. The van der Waals surface area contributed by atoms with E-state index in [1.165, 1.54) is 12.8 Å². The Bertz CT molecular complexity index is 1450. The summed E-state index contributed by atoms with van der Waals surface area (Å²) in [5.41, 5.74) is 7.71. The molecule has 224 valence electrons. The van der Waals surface area contributed by atoms with Crippen LogP contribution in [0.25, 0.3) is 11.1 Å². The molecule has 2 aromatic heterocycles. The molecule has 1 amide bonds. The minimum absolute atomic E-state index is 0.159. The molecule has 1 aliphatic heterocycles. The van der Waals surface area contributed by atoms with Crippen molar-refractivity contribution in [2.45, 2.75) is 72.5 Å². The number of aromatic nitrogens is 2. The van der Waals surface area contributed by atoms with Crippen LogP contribution < -0.4 is 15.8 Å². The Kier molecular flexibility index (Phi) is 9.43. The summed E-state index contributed by atoms with van der Waals surface area (Å²) < 4.78 is 5.48. The molecule has 5 rings (SSSR count). The lowest BCUT2D eigenvalue weighted by Crippen LogP contribution is -2.36. The van der Waals surface area contributed by atoms with Crippen molar-refractivity contribution in [3.05, 3.63) is 80.5 Å². The van der Waals surface area contributed by atoms with Gasteiger partial charge in [0.25, 0.3) is 11.5 Å². The number of morpholine rings is 1. The van der Waals surface area contributed by atoms with Crippen LogP contribution in [0.2, 0.25) is 0 Å². The highest BCUT2D eigenvalue weighted by molar-refractivity contribution is 5.98. The predicted molar refractivity (Wildman–Crippen MR) is 168 cm³/mol. The van der Waals surface area contributed by atoms with Gasteiger partial charge in [0.1, 0.15) is 0 Å². The number of aromatic amines is 1. The van der Waals surface area contributed by atoms with Crippen molar-refractivity contribution in [1.29, 1.82) is 0 Å². The summed E-state index contributed by atoms with van der Waals surface area (Å²) in [6.45, 7) is 12.5. The van der Waals surface area contributed by atoms with Crippen molar-refractivity contribution in [2.24, 2.45) is 5.92 Å². The molecule has 0 bridgehead atoms. The zero-order valence-corrected chi connectivity index (χ0v) is 25.8. The molecule has 1 saturated heterocycles. The number of pyridine rings is 2. The van der Waals surface area contributed by atoms with Gasteiger partial charge in [-0.3, -0.25) is 19.5 Å². The number of ether oxygens (including phenoxy) is 1. The summed E-state index contributed by atoms with van der Waals surface area (Å²) >= 11 is 0. The Morgan fingerprint density at radius 1 is 1.07 bits per heavy atom. The number of aryl methyl sites for hydroxylation is 2. The zero-order chi connectivity index (χ0) is 29.8. The number of hydrogen-bond donors (Lipinski definition) is 2. The molecule has 8 heteroatoms. The monoisotopic (exact) mass is 571 g/mol. The smallest absolute Gasteiger partial charge is 0.253 e. The van der Waals surface area contributed by atoms with Crippen molar-refractivity contribution < 1.29 is 9.53 Å². The van der Waals surface area contributed by atoms with Gasteiger partial charge in [-0.25, -0.2) is 0 Å². The van der Waals surface area contributed by atoms with E-state index in [1.54, 1.807) is 0 Å². The normalized spacial score (nSPS) is 19.5. The first kappa shape index (κ1) is 30.0. The van der Waals surface area contributed by atoms with Crippen molar-refractivity contribution >= 4 is 11.6 Å². The van der Waals surface area contributed by atoms with Gasteiger partial charge in [0.2, 0.25) is 0 Å². The van der Waals surface area contributed by atoms with Gasteiger partial charge in [-0.2, -0.15) is 0 Å². The number of carbonyl (C=O) groups excluding carboxylic acids is 1. The third-order valence-electron chi connectivity index (χ3n) is 9.10. The van der Waals surface area contributed by atoms with Gasteiger partial charge in [0.15, 0.2) is 0 Å². The molecular weight excluding hydrogens is 526 g/mol. The quantitative estimate of drug-likeness (QED) is 0.389. The van der Waals surface area contributed by atoms with Crippen LogP contribution in [0.15, 0.2) is 41.3 Å². The molecule has 0 spiro atoms. The third-order valence-corrected chi connectivity index (χ3v) is 9.10. The van der Waals surface area contributed by atoms with Gasteiger partial charge in [0.05, 0.1) is 18.9 Å². The second-order valence-electron chi connectivity index (χ2n) is 12.2. The average Bonchev–Trinajstić information content (AvgIpc) is 2.97. The summed E-state index contributed by atoms with van der Waals surface area (Å²) in [4.78, 5) is 38.7. The molecule has 0 atom stereocenters. The van der Waals surface area contributed by atoms with Gasteiger partial charge in [-0.1, -0.05) is 13.0 Å². The van der Waals surface area contributed by atoms with Crippen LogP contribution in [-0.2, 0) is 17.8 Å². The van der Waals surface area contributed by atoms with Gasteiger partial charge < -0.3 is 19.9 Å². The highest BCUT2D eigenvalue weighted by atomic mass is 16.5. The molecule has 1 aromatic carbocycles. The Balaban J connectivity index is 1.44. The van der Waals surface area contributed by atoms with Gasteiger partial charge in [-0.15, -0.1) is 0 Å². The lowest BCUT2D eigenvalue weighted by Gasteiger charge is -2.36. The van der Waals surface area contributed by atoms with E-state index in [0.29, 0.717) is 17.2 Å². The molecule has 0 radical (unpaired) electrons. The molecule has 2 N–H and O–H groups in total. The second-order valence-corrected chi connectivity index (χ2v) is 12.2. The third kappa shape index (κ3) is 6.93. The second kappa shape index (κ2) is 13.2. The molecule has 0 unspecified atom stereocenters. The molecule has 8 nitrogen and oxygen atoms in total. The summed E-state index contributed by atoms with van der Waals surface area (Å²) in [5.74, 6) is 0.580. The lowest BCUT2D eigenvalue weighted by atomic mass is 9.86. The Morgan fingerprint density at radius 3 is 2.48 bits per heavy atom. The zero-order valence-electron chi connectivity index (χ0n) is 25.8. The van der Waals surface area contributed by atoms with Crippen LogP contribution in [0.3, 0.4) is 0 Å². The van der Waals surface area contributed by atoms with Gasteiger partial charge in [0, 0.05) is 73.5 Å². The Hall–Kier alpha value is -3.49. The highest BCUT2D eigenvalue weighted by Gasteiger charge is 2.25. The molecule has 2 aliphatic rings. The number of benzene rings is 1. The van der Waals surface area contributed by atoms with E-state index in [2.05, 4.69) is 52.3 Å². The van der Waals surface area contributed by atoms with Crippen LogP contribution >= 0.6 is 0 Å². The minimum Gasteiger partial charge on any atom is -0.379 e. The molecule has 1 aliphatic carbocycles. The fourth-order valence-corrected chi connectivity index (χ4v) is 6.34. The highest BCUT2D eigenvalue weighted by Crippen LogP contribution is 2.35. The summed E-state index contributed by atoms with van der Waals surface area (Å²) in [6.07, 6.45) is 6.66. The number of carbonyl (C=O) groups is 1. The number of H-pyrrole nitrogens is 1. The first-order chi connectivity index (χ1) is 20.2. The summed E-state index contributed by atoms with van der Waals surface area (Å²) in [7, 11) is 2.16. The Labute approximate surface area is 249 Å². The predicted octanol–water partition coefficient (Wildman–Crippen LogP) is 5.14. The number of hydrogen-bond acceptors (Lipinski definition) is 6. The molecule has 3 aromatic rings. The first-order valence-corrected chi connectivity index (χ1v) is 15.3. The van der Waals surface area contributed by atoms with E-state index in [9.17, 15) is 9.59 Å². The van der Waals surface area contributed by atoms with Crippen LogP contribution in [-0.4, -0.2) is 60.2 Å². The topological polar surface area (TPSA) is 90.6 Å². The number of nitrogens with one attached hydrogen (secondary N) is 2. The average molecular weight is 572 g/mol. The van der Waals surface area contributed by atoms with E-state index < -0.39 is 0 Å². The maximum Gasteiger partial charge on any atom is 0.253 e. The van der Waals surface area contributed by atoms with Crippen molar-refractivity contribution in [2.75, 3.05) is 38.3 Å². The van der Waals surface area contributed by atoms with E-state index in [4.69, 9.17) is 9.72 Å². The Morgan fingerprint density at radius 2 is 1.81 bits per heavy atom. The van der Waals surface area contributed by atoms with Gasteiger partial charge >= 0.3 is 0 Å². The van der Waals surface area contributed by atoms with Crippen LogP contribution in [0.4, 0.5) is 5.69 Å². The van der Waals surface area contributed by atoms with Crippen LogP contribution in [0.5, 0.6) is 0 Å². The van der Waals surface area contributed by atoms with E-state index in [0.717, 1.165) is 90.9 Å². The summed E-state index contributed by atoms with van der Waals surface area (Å²) in [5, 5.41) is 3.03. The standard InChI is InChI=1S/C34H45N5O3/c1-22-6-10-29(11-7-22)38(5)32-18-27(26-8-9-28(35-19-26)21-39-12-14-42-15-13-39)17-30(25(32)4)33(40)36-20-31-23(2)16-24(3)37-34(31)41/h8-9,16-19,22,29H,6-7,10-15,20-21H2,1-5H3,(H,36,40)(H,37,41). The fourth-order valence-electron chi connectivity index (χ4n) is 6.34.